The number of halogens is 1. The third-order valence-electron chi connectivity index (χ3n) is 3.03. The molecule has 0 bridgehead atoms. The highest BCUT2D eigenvalue weighted by Gasteiger charge is 2.30. The minimum absolute atomic E-state index is 0.0289. The number of methoxy groups -OCH3 is 1. The Kier molecular flexibility index (Phi) is 3.81. The molecule has 0 aromatic heterocycles. The number of nitrogens with zero attached hydrogens (tertiary/aromatic N) is 1. The average Bonchev–Trinajstić information content (AvgIpc) is 3.15. The van der Waals surface area contributed by atoms with Gasteiger partial charge in [-0.1, -0.05) is 0 Å². The van der Waals surface area contributed by atoms with Crippen molar-refractivity contribution in [1.82, 2.24) is 0 Å². The van der Waals surface area contributed by atoms with Gasteiger partial charge in [0.1, 0.15) is 5.82 Å². The van der Waals surface area contributed by atoms with Crippen LogP contribution in [0.15, 0.2) is 18.2 Å². The summed E-state index contributed by atoms with van der Waals surface area (Å²) in [6.07, 6.45) is 2.09. The van der Waals surface area contributed by atoms with Gasteiger partial charge in [0.2, 0.25) is 0 Å². The highest BCUT2D eigenvalue weighted by molar-refractivity contribution is 5.88. The van der Waals surface area contributed by atoms with Crippen molar-refractivity contribution >= 4 is 11.7 Å². The maximum Gasteiger partial charge on any atom is 0.335 e. The number of hydrogen-bond donors (Lipinski definition) is 1. The first-order chi connectivity index (χ1) is 8.63. The van der Waals surface area contributed by atoms with Crippen LogP contribution in [0, 0.1) is 5.82 Å². The lowest BCUT2D eigenvalue weighted by atomic mass is 10.2. The topological polar surface area (TPSA) is 49.8 Å². The van der Waals surface area contributed by atoms with Crippen LogP contribution in [-0.4, -0.2) is 37.4 Å². The van der Waals surface area contributed by atoms with Crippen molar-refractivity contribution in [2.24, 2.45) is 0 Å². The zero-order chi connectivity index (χ0) is 13.1. The molecule has 4 nitrogen and oxygen atoms in total. The number of carbonyl (C=O) groups is 1. The number of anilines is 1. The zero-order valence-corrected chi connectivity index (χ0v) is 10.2. The summed E-state index contributed by atoms with van der Waals surface area (Å²) in [5.41, 5.74) is 0.429. The predicted octanol–water partition coefficient (Wildman–Crippen LogP) is 2.14. The second-order valence-corrected chi connectivity index (χ2v) is 4.39. The van der Waals surface area contributed by atoms with Gasteiger partial charge in [-0.25, -0.2) is 9.18 Å². The minimum atomic E-state index is -1.12. The highest BCUT2D eigenvalue weighted by Crippen LogP contribution is 2.33. The SMILES string of the molecule is COCCN(c1ccc(C(=O)O)cc1F)C1CC1. The molecule has 98 valence electrons. The Morgan fingerprint density at radius 2 is 2.28 bits per heavy atom. The van der Waals surface area contributed by atoms with Crippen molar-refractivity contribution in [2.45, 2.75) is 18.9 Å². The van der Waals surface area contributed by atoms with Crippen molar-refractivity contribution in [3.63, 3.8) is 0 Å². The van der Waals surface area contributed by atoms with Crippen LogP contribution in [0.25, 0.3) is 0 Å². The fraction of sp³-hybridized carbons (Fsp3) is 0.462. The molecule has 0 amide bonds. The van der Waals surface area contributed by atoms with E-state index < -0.39 is 11.8 Å². The Balaban J connectivity index is 2.21. The van der Waals surface area contributed by atoms with Crippen LogP contribution in [0.2, 0.25) is 0 Å². The summed E-state index contributed by atoms with van der Waals surface area (Å²) < 4.78 is 18.9. The molecule has 18 heavy (non-hydrogen) atoms. The molecule has 2 rings (SSSR count). The molecule has 0 unspecified atom stereocenters. The lowest BCUT2D eigenvalue weighted by Crippen LogP contribution is -2.30. The third-order valence-corrected chi connectivity index (χ3v) is 3.03. The Morgan fingerprint density at radius 3 is 2.78 bits per heavy atom. The molecular formula is C13H16FNO3. The van der Waals surface area contributed by atoms with Crippen LogP contribution in [0.3, 0.4) is 0 Å². The van der Waals surface area contributed by atoms with Gasteiger partial charge in [-0.05, 0) is 31.0 Å². The van der Waals surface area contributed by atoms with E-state index in [9.17, 15) is 9.18 Å². The fourth-order valence-electron chi connectivity index (χ4n) is 1.95. The zero-order valence-electron chi connectivity index (χ0n) is 10.2. The van der Waals surface area contributed by atoms with Crippen molar-refractivity contribution in [3.8, 4) is 0 Å². The van der Waals surface area contributed by atoms with Crippen LogP contribution in [-0.2, 0) is 4.74 Å². The summed E-state index contributed by atoms with van der Waals surface area (Å²) >= 11 is 0. The maximum atomic E-state index is 13.9. The average molecular weight is 253 g/mol. The normalized spacial score (nSPS) is 14.6. The minimum Gasteiger partial charge on any atom is -0.478 e. The van der Waals surface area contributed by atoms with Crippen LogP contribution < -0.4 is 4.90 Å². The monoisotopic (exact) mass is 253 g/mol. The first-order valence-corrected chi connectivity index (χ1v) is 5.92. The molecule has 1 aliphatic carbocycles. The molecular weight excluding hydrogens is 237 g/mol. The second kappa shape index (κ2) is 5.35. The van der Waals surface area contributed by atoms with Crippen LogP contribution >= 0.6 is 0 Å². The number of hydrogen-bond acceptors (Lipinski definition) is 3. The van der Waals surface area contributed by atoms with E-state index in [0.29, 0.717) is 24.9 Å². The van der Waals surface area contributed by atoms with Gasteiger partial charge in [-0.3, -0.25) is 0 Å². The van der Waals surface area contributed by atoms with E-state index in [4.69, 9.17) is 9.84 Å². The van der Waals surface area contributed by atoms with Crippen molar-refractivity contribution in [2.75, 3.05) is 25.2 Å². The number of benzene rings is 1. The first kappa shape index (κ1) is 12.8. The molecule has 1 aromatic carbocycles. The lowest BCUT2D eigenvalue weighted by Gasteiger charge is -2.24. The Bertz CT molecular complexity index is 446. The van der Waals surface area contributed by atoms with Gasteiger partial charge in [-0.2, -0.15) is 0 Å². The van der Waals surface area contributed by atoms with Gasteiger partial charge in [0, 0.05) is 19.7 Å². The second-order valence-electron chi connectivity index (χ2n) is 4.39. The molecule has 1 fully saturated rings. The molecule has 0 spiro atoms. The van der Waals surface area contributed by atoms with Gasteiger partial charge in [0.05, 0.1) is 17.9 Å². The molecule has 0 aliphatic heterocycles. The fourth-order valence-corrected chi connectivity index (χ4v) is 1.95. The molecule has 1 N–H and O–H groups in total. The van der Waals surface area contributed by atoms with Crippen molar-refractivity contribution in [1.29, 1.82) is 0 Å². The van der Waals surface area contributed by atoms with Gasteiger partial charge < -0.3 is 14.7 Å². The van der Waals surface area contributed by atoms with Crippen molar-refractivity contribution < 1.29 is 19.0 Å². The summed E-state index contributed by atoms with van der Waals surface area (Å²) in [5, 5.41) is 8.80. The van der Waals surface area contributed by atoms with Crippen LogP contribution in [0.1, 0.15) is 23.2 Å². The number of carboxylic acids is 1. The molecule has 1 aromatic rings. The van der Waals surface area contributed by atoms with Crippen LogP contribution in [0.5, 0.6) is 0 Å². The van der Waals surface area contributed by atoms with E-state index in [2.05, 4.69) is 0 Å². The Labute approximate surface area is 105 Å². The summed E-state index contributed by atoms with van der Waals surface area (Å²) in [5.74, 6) is -1.60. The smallest absolute Gasteiger partial charge is 0.335 e. The maximum absolute atomic E-state index is 13.9. The molecule has 1 aliphatic rings. The molecule has 0 heterocycles. The molecule has 5 heteroatoms. The molecule has 0 saturated heterocycles. The summed E-state index contributed by atoms with van der Waals surface area (Å²) in [6, 6.07) is 4.39. The number of ether oxygens (including phenoxy) is 1. The molecule has 0 atom stereocenters. The molecule has 0 radical (unpaired) electrons. The molecule has 1 saturated carbocycles. The summed E-state index contributed by atoms with van der Waals surface area (Å²) in [6.45, 7) is 1.14. The first-order valence-electron chi connectivity index (χ1n) is 5.92. The van der Waals surface area contributed by atoms with Gasteiger partial charge >= 0.3 is 5.97 Å². The van der Waals surface area contributed by atoms with Crippen LogP contribution in [0.4, 0.5) is 10.1 Å². The van der Waals surface area contributed by atoms with Gasteiger partial charge in [0.15, 0.2) is 0 Å². The highest BCUT2D eigenvalue weighted by atomic mass is 19.1. The number of rotatable bonds is 6. The third kappa shape index (κ3) is 2.79. The Morgan fingerprint density at radius 1 is 1.56 bits per heavy atom. The summed E-state index contributed by atoms with van der Waals surface area (Å²) in [4.78, 5) is 12.7. The quantitative estimate of drug-likeness (QED) is 0.843. The number of carboxylic acid groups (broad SMARTS) is 1. The standard InChI is InChI=1S/C13H16FNO3/c1-18-7-6-15(10-3-4-10)12-5-2-9(13(16)17)8-11(12)14/h2,5,8,10H,3-4,6-7H2,1H3,(H,16,17). The largest absolute Gasteiger partial charge is 0.478 e. The summed E-state index contributed by atoms with van der Waals surface area (Å²) in [7, 11) is 1.61. The van der Waals surface area contributed by atoms with E-state index in [1.165, 1.54) is 12.1 Å². The van der Waals surface area contributed by atoms with E-state index in [1.54, 1.807) is 7.11 Å². The van der Waals surface area contributed by atoms with E-state index >= 15 is 0 Å². The Hall–Kier alpha value is -1.62. The predicted molar refractivity (Wildman–Crippen MR) is 65.6 cm³/mol. The number of aromatic carboxylic acids is 1. The van der Waals surface area contributed by atoms with Gasteiger partial charge in [0.25, 0.3) is 0 Å². The van der Waals surface area contributed by atoms with E-state index in [-0.39, 0.29) is 5.56 Å². The van der Waals surface area contributed by atoms with E-state index in [1.807, 2.05) is 4.90 Å². The lowest BCUT2D eigenvalue weighted by molar-refractivity contribution is 0.0696. The van der Waals surface area contributed by atoms with Crippen molar-refractivity contribution in [3.05, 3.63) is 29.6 Å². The van der Waals surface area contributed by atoms with E-state index in [0.717, 1.165) is 18.9 Å². The van der Waals surface area contributed by atoms with Gasteiger partial charge in [-0.15, -0.1) is 0 Å².